The molecule has 5 heteroatoms. The van der Waals surface area contributed by atoms with E-state index >= 15 is 0 Å². The van der Waals surface area contributed by atoms with Crippen molar-refractivity contribution in [3.8, 4) is 5.75 Å². The average Bonchev–Trinajstić information content (AvgIpc) is 2.96. The first kappa shape index (κ1) is 8.55. The third-order valence-electron chi connectivity index (χ3n) is 2.23. The molecule has 78 valence electrons. The molecule has 2 heterocycles. The van der Waals surface area contributed by atoms with Crippen LogP contribution < -0.4 is 10.5 Å². The van der Waals surface area contributed by atoms with E-state index in [9.17, 15) is 4.79 Å². The van der Waals surface area contributed by atoms with Gasteiger partial charge < -0.3 is 13.9 Å². The number of nitrogens with one attached hydrogen (secondary N) is 1. The highest BCUT2D eigenvalue weighted by Crippen LogP contribution is 2.19. The minimum atomic E-state index is -0.451. The Morgan fingerprint density at radius 2 is 2.40 bits per heavy atom. The smallest absolute Gasteiger partial charge is 0.417 e. The van der Waals surface area contributed by atoms with Crippen LogP contribution >= 0.6 is 0 Å². The fraction of sp³-hybridized carbons (Fsp3) is 0.300. The molecule has 1 saturated heterocycles. The molecule has 1 unspecified atom stereocenters. The first-order valence-corrected chi connectivity index (χ1v) is 4.68. The molecule has 1 atom stereocenters. The summed E-state index contributed by atoms with van der Waals surface area (Å²) in [6.45, 7) is 1.31. The number of aromatic amines is 1. The predicted octanol–water partition coefficient (Wildman–Crippen LogP) is 0.899. The van der Waals surface area contributed by atoms with Gasteiger partial charge in [0, 0.05) is 6.07 Å². The molecular weight excluding hydrogens is 198 g/mol. The minimum Gasteiger partial charge on any atom is -0.491 e. The maximum Gasteiger partial charge on any atom is 0.417 e. The van der Waals surface area contributed by atoms with Crippen LogP contribution in [0.3, 0.4) is 0 Å². The summed E-state index contributed by atoms with van der Waals surface area (Å²) in [6.07, 6.45) is 0.221. The van der Waals surface area contributed by atoms with Crippen LogP contribution in [0.25, 0.3) is 11.1 Å². The van der Waals surface area contributed by atoms with Crippen molar-refractivity contribution in [1.29, 1.82) is 0 Å². The molecular formula is C10H9NO4. The van der Waals surface area contributed by atoms with E-state index in [0.717, 1.165) is 6.61 Å². The normalized spacial score (nSPS) is 19.3. The highest BCUT2D eigenvalue weighted by atomic mass is 16.6. The van der Waals surface area contributed by atoms with Crippen LogP contribution in [0.5, 0.6) is 5.75 Å². The largest absolute Gasteiger partial charge is 0.491 e. The first-order valence-electron chi connectivity index (χ1n) is 4.68. The van der Waals surface area contributed by atoms with Gasteiger partial charge >= 0.3 is 5.76 Å². The number of H-pyrrole nitrogens is 1. The number of aromatic nitrogens is 1. The van der Waals surface area contributed by atoms with Crippen molar-refractivity contribution in [2.75, 3.05) is 13.2 Å². The van der Waals surface area contributed by atoms with Gasteiger partial charge in [0.05, 0.1) is 12.1 Å². The maximum absolute atomic E-state index is 10.9. The van der Waals surface area contributed by atoms with E-state index in [2.05, 4.69) is 4.98 Å². The van der Waals surface area contributed by atoms with Gasteiger partial charge in [-0.3, -0.25) is 4.98 Å². The molecule has 0 radical (unpaired) electrons. The van der Waals surface area contributed by atoms with E-state index in [1.807, 2.05) is 0 Å². The summed E-state index contributed by atoms with van der Waals surface area (Å²) >= 11 is 0. The molecule has 1 aromatic heterocycles. The van der Waals surface area contributed by atoms with Crippen molar-refractivity contribution in [3.63, 3.8) is 0 Å². The van der Waals surface area contributed by atoms with Crippen LogP contribution in [-0.4, -0.2) is 24.3 Å². The van der Waals surface area contributed by atoms with E-state index in [1.165, 1.54) is 0 Å². The van der Waals surface area contributed by atoms with Crippen molar-refractivity contribution >= 4 is 11.1 Å². The number of hydrogen-bond donors (Lipinski definition) is 1. The fourth-order valence-electron chi connectivity index (χ4n) is 1.37. The van der Waals surface area contributed by atoms with Crippen molar-refractivity contribution < 1.29 is 13.9 Å². The fourth-order valence-corrected chi connectivity index (χ4v) is 1.37. The molecule has 1 N–H and O–H groups in total. The predicted molar refractivity (Wildman–Crippen MR) is 52.1 cm³/mol. The number of rotatable bonds is 3. The molecule has 15 heavy (non-hydrogen) atoms. The van der Waals surface area contributed by atoms with Crippen LogP contribution in [0.2, 0.25) is 0 Å². The molecule has 0 amide bonds. The zero-order valence-corrected chi connectivity index (χ0v) is 7.86. The second-order valence-corrected chi connectivity index (χ2v) is 3.44. The number of ether oxygens (including phenoxy) is 2. The molecule has 1 aliphatic rings. The highest BCUT2D eigenvalue weighted by molar-refractivity contribution is 5.73. The third-order valence-corrected chi connectivity index (χ3v) is 2.23. The highest BCUT2D eigenvalue weighted by Gasteiger charge is 2.23. The van der Waals surface area contributed by atoms with Gasteiger partial charge in [-0.05, 0) is 12.1 Å². The number of benzene rings is 1. The van der Waals surface area contributed by atoms with Gasteiger partial charge in [0.1, 0.15) is 18.5 Å². The van der Waals surface area contributed by atoms with E-state index in [-0.39, 0.29) is 6.10 Å². The lowest BCUT2D eigenvalue weighted by molar-refractivity contribution is 0.263. The Kier molecular flexibility index (Phi) is 1.78. The Morgan fingerprint density at radius 3 is 3.20 bits per heavy atom. The van der Waals surface area contributed by atoms with Crippen LogP contribution in [0.1, 0.15) is 0 Å². The second kappa shape index (κ2) is 3.13. The first-order chi connectivity index (χ1) is 7.31. The molecule has 1 aromatic carbocycles. The summed E-state index contributed by atoms with van der Waals surface area (Å²) in [5, 5.41) is 0. The molecule has 2 aromatic rings. The van der Waals surface area contributed by atoms with Crippen molar-refractivity contribution in [2.45, 2.75) is 6.10 Å². The summed E-state index contributed by atoms with van der Waals surface area (Å²) in [7, 11) is 0. The Balaban J connectivity index is 1.87. The Hall–Kier alpha value is -1.75. The monoisotopic (exact) mass is 207 g/mol. The molecule has 1 fully saturated rings. The molecule has 1 aliphatic heterocycles. The van der Waals surface area contributed by atoms with Gasteiger partial charge in [-0.2, -0.15) is 0 Å². The molecule has 3 rings (SSSR count). The van der Waals surface area contributed by atoms with Crippen molar-refractivity contribution in [3.05, 3.63) is 28.7 Å². The van der Waals surface area contributed by atoms with Gasteiger partial charge in [-0.25, -0.2) is 4.79 Å². The quantitative estimate of drug-likeness (QED) is 0.759. The van der Waals surface area contributed by atoms with Crippen molar-refractivity contribution in [2.24, 2.45) is 0 Å². The topological polar surface area (TPSA) is 67.8 Å². The van der Waals surface area contributed by atoms with Gasteiger partial charge in [-0.15, -0.1) is 0 Å². The molecule has 0 saturated carbocycles. The molecule has 0 spiro atoms. The van der Waals surface area contributed by atoms with Gasteiger partial charge in [0.25, 0.3) is 0 Å². The maximum atomic E-state index is 10.9. The van der Waals surface area contributed by atoms with Crippen molar-refractivity contribution in [1.82, 2.24) is 4.98 Å². The number of oxazole rings is 1. The van der Waals surface area contributed by atoms with Gasteiger partial charge in [0.15, 0.2) is 5.58 Å². The minimum absolute atomic E-state index is 0.221. The summed E-state index contributed by atoms with van der Waals surface area (Å²) in [6, 6.07) is 5.23. The lowest BCUT2D eigenvalue weighted by atomic mass is 10.3. The van der Waals surface area contributed by atoms with Crippen LogP contribution in [0, 0.1) is 0 Å². The van der Waals surface area contributed by atoms with E-state index in [0.29, 0.717) is 23.5 Å². The molecule has 5 nitrogen and oxygen atoms in total. The van der Waals surface area contributed by atoms with Crippen LogP contribution in [0.15, 0.2) is 27.4 Å². The summed E-state index contributed by atoms with van der Waals surface area (Å²) < 4.78 is 15.4. The lowest BCUT2D eigenvalue weighted by Crippen LogP contribution is -2.03. The SMILES string of the molecule is O=c1[nH]c2ccc(OCC3CO3)cc2o1. The second-order valence-electron chi connectivity index (χ2n) is 3.44. The molecule has 0 aliphatic carbocycles. The lowest BCUT2D eigenvalue weighted by Gasteiger charge is -2.02. The van der Waals surface area contributed by atoms with E-state index in [1.54, 1.807) is 18.2 Å². The average molecular weight is 207 g/mol. The third kappa shape index (κ3) is 1.73. The Morgan fingerprint density at radius 1 is 1.53 bits per heavy atom. The van der Waals surface area contributed by atoms with E-state index in [4.69, 9.17) is 13.9 Å². The van der Waals surface area contributed by atoms with Crippen LogP contribution in [0.4, 0.5) is 0 Å². The summed E-state index contributed by atoms with van der Waals surface area (Å²) in [5.74, 6) is 0.230. The summed E-state index contributed by atoms with van der Waals surface area (Å²) in [4.78, 5) is 13.5. The Bertz CT molecular complexity index is 538. The zero-order valence-electron chi connectivity index (χ0n) is 7.86. The summed E-state index contributed by atoms with van der Waals surface area (Å²) in [5.41, 5.74) is 1.18. The number of hydrogen-bond acceptors (Lipinski definition) is 4. The van der Waals surface area contributed by atoms with Gasteiger partial charge in [0.2, 0.25) is 0 Å². The van der Waals surface area contributed by atoms with Crippen LogP contribution in [-0.2, 0) is 4.74 Å². The number of fused-ring (bicyclic) bond motifs is 1. The zero-order chi connectivity index (χ0) is 10.3. The van der Waals surface area contributed by atoms with Gasteiger partial charge in [-0.1, -0.05) is 0 Å². The number of epoxide rings is 1. The standard InChI is InChI=1S/C10H9NO4/c12-10-11-8-2-1-6(3-9(8)15-10)13-4-7-5-14-7/h1-3,7H,4-5H2,(H,11,12). The Labute approximate surface area is 84.6 Å². The van der Waals surface area contributed by atoms with E-state index < -0.39 is 5.76 Å². The molecule has 0 bridgehead atoms.